The van der Waals surface area contributed by atoms with Crippen LogP contribution in [-0.4, -0.2) is 27.9 Å². The second-order valence-electron chi connectivity index (χ2n) is 5.45. The second kappa shape index (κ2) is 8.02. The molecule has 1 aromatic heterocycles. The van der Waals surface area contributed by atoms with E-state index >= 15 is 0 Å². The number of hydrogen-bond donors (Lipinski definition) is 2. The van der Waals surface area contributed by atoms with Crippen LogP contribution in [0.4, 0.5) is 0 Å². The van der Waals surface area contributed by atoms with Crippen molar-refractivity contribution < 1.29 is 4.79 Å². The molecular formula is C18H18IN3OS. The van der Waals surface area contributed by atoms with Gasteiger partial charge in [0, 0.05) is 9.13 Å². The Morgan fingerprint density at radius 1 is 1.25 bits per heavy atom. The largest absolute Gasteiger partial charge is 0.342 e. The third kappa shape index (κ3) is 4.10. The maximum atomic E-state index is 12.6. The number of para-hydroxylation sites is 2. The third-order valence-electron chi connectivity index (χ3n) is 3.76. The van der Waals surface area contributed by atoms with Gasteiger partial charge in [0.25, 0.3) is 5.91 Å². The zero-order chi connectivity index (χ0) is 16.9. The first-order chi connectivity index (χ1) is 11.7. The van der Waals surface area contributed by atoms with Crippen LogP contribution in [0.5, 0.6) is 0 Å². The summed E-state index contributed by atoms with van der Waals surface area (Å²) in [4.78, 5) is 20.5. The molecule has 6 heteroatoms. The molecule has 2 aromatic carbocycles. The average molecular weight is 451 g/mol. The fraction of sp³-hybridized carbons (Fsp3) is 0.222. The number of aromatic amines is 1. The van der Waals surface area contributed by atoms with Gasteiger partial charge in [-0.05, 0) is 77.4 Å². The highest BCUT2D eigenvalue weighted by atomic mass is 127. The summed E-state index contributed by atoms with van der Waals surface area (Å²) < 4.78 is 1.11. The van der Waals surface area contributed by atoms with E-state index in [1.54, 1.807) is 11.8 Å². The summed E-state index contributed by atoms with van der Waals surface area (Å²) in [6.07, 6.45) is 2.90. The maximum Gasteiger partial charge on any atom is 0.251 e. The van der Waals surface area contributed by atoms with Crippen LogP contribution in [0.2, 0.25) is 0 Å². The van der Waals surface area contributed by atoms with E-state index < -0.39 is 0 Å². The Morgan fingerprint density at radius 3 is 2.71 bits per heavy atom. The Balaban J connectivity index is 1.83. The quantitative estimate of drug-likeness (QED) is 0.547. The normalized spacial score (nSPS) is 12.2. The van der Waals surface area contributed by atoms with Gasteiger partial charge >= 0.3 is 0 Å². The molecule has 0 radical (unpaired) electrons. The van der Waals surface area contributed by atoms with Gasteiger partial charge in [0.05, 0.1) is 17.1 Å². The number of thioether (sulfide) groups is 1. The van der Waals surface area contributed by atoms with Gasteiger partial charge in [0.1, 0.15) is 5.82 Å². The zero-order valence-electron chi connectivity index (χ0n) is 13.3. The predicted molar refractivity (Wildman–Crippen MR) is 108 cm³/mol. The molecule has 0 bridgehead atoms. The lowest BCUT2D eigenvalue weighted by Gasteiger charge is -2.16. The van der Waals surface area contributed by atoms with E-state index in [9.17, 15) is 4.79 Å². The Labute approximate surface area is 159 Å². The smallest absolute Gasteiger partial charge is 0.251 e. The summed E-state index contributed by atoms with van der Waals surface area (Å²) in [5, 5.41) is 3.12. The second-order valence-corrected chi connectivity index (χ2v) is 7.68. The van der Waals surface area contributed by atoms with Gasteiger partial charge < -0.3 is 10.3 Å². The summed E-state index contributed by atoms with van der Waals surface area (Å²) >= 11 is 3.99. The SMILES string of the molecule is CSCCC(NC(=O)c1ccc(I)cc1)c1nc2ccccc2[nH]1. The maximum absolute atomic E-state index is 12.6. The zero-order valence-corrected chi connectivity index (χ0v) is 16.2. The van der Waals surface area contributed by atoms with Crippen LogP contribution in [0.25, 0.3) is 11.0 Å². The minimum absolute atomic E-state index is 0.0713. The first kappa shape index (κ1) is 17.3. The fourth-order valence-electron chi connectivity index (χ4n) is 2.49. The minimum Gasteiger partial charge on any atom is -0.342 e. The number of aromatic nitrogens is 2. The number of hydrogen-bond acceptors (Lipinski definition) is 3. The van der Waals surface area contributed by atoms with Crippen LogP contribution < -0.4 is 5.32 Å². The van der Waals surface area contributed by atoms with Crippen molar-refractivity contribution in [3.63, 3.8) is 0 Å². The number of nitrogens with one attached hydrogen (secondary N) is 2. The van der Waals surface area contributed by atoms with Gasteiger partial charge in [-0.3, -0.25) is 4.79 Å². The number of imidazole rings is 1. The van der Waals surface area contributed by atoms with Crippen LogP contribution in [0.15, 0.2) is 48.5 Å². The van der Waals surface area contributed by atoms with Crippen molar-refractivity contribution in [1.29, 1.82) is 0 Å². The fourth-order valence-corrected chi connectivity index (χ4v) is 3.32. The highest BCUT2D eigenvalue weighted by molar-refractivity contribution is 14.1. The first-order valence-corrected chi connectivity index (χ1v) is 10.1. The van der Waals surface area contributed by atoms with E-state index in [1.165, 1.54) is 0 Å². The van der Waals surface area contributed by atoms with Gasteiger partial charge in [0.2, 0.25) is 0 Å². The Hall–Kier alpha value is -1.54. The number of H-pyrrole nitrogens is 1. The van der Waals surface area contributed by atoms with Gasteiger partial charge in [0.15, 0.2) is 0 Å². The Bertz CT molecular complexity index is 799. The molecule has 2 N–H and O–H groups in total. The van der Waals surface area contributed by atoms with E-state index in [0.29, 0.717) is 5.56 Å². The number of nitrogens with zero attached hydrogens (tertiary/aromatic N) is 1. The van der Waals surface area contributed by atoms with E-state index in [1.807, 2.05) is 48.5 Å². The standard InChI is InChI=1S/C18H18IN3OS/c1-24-11-10-16(17-20-14-4-2-3-5-15(14)21-17)22-18(23)12-6-8-13(19)9-7-12/h2-9,16H,10-11H2,1H3,(H,20,21)(H,22,23). The molecule has 1 amide bonds. The van der Waals surface area contributed by atoms with Crippen LogP contribution in [0, 0.1) is 3.57 Å². The predicted octanol–water partition coefficient (Wildman–Crippen LogP) is 4.39. The van der Waals surface area contributed by atoms with Crippen molar-refractivity contribution in [2.75, 3.05) is 12.0 Å². The molecule has 1 unspecified atom stereocenters. The van der Waals surface area contributed by atoms with Crippen molar-refractivity contribution in [3.8, 4) is 0 Å². The number of carbonyl (C=O) groups excluding carboxylic acids is 1. The number of fused-ring (bicyclic) bond motifs is 1. The third-order valence-corrected chi connectivity index (χ3v) is 5.12. The first-order valence-electron chi connectivity index (χ1n) is 7.67. The lowest BCUT2D eigenvalue weighted by Crippen LogP contribution is -2.29. The van der Waals surface area contributed by atoms with E-state index in [2.05, 4.69) is 44.1 Å². The molecule has 0 aliphatic rings. The summed E-state index contributed by atoms with van der Waals surface area (Å²) in [7, 11) is 0. The number of carbonyl (C=O) groups is 1. The van der Waals surface area contributed by atoms with Crippen LogP contribution in [0.3, 0.4) is 0 Å². The van der Waals surface area contributed by atoms with Crippen molar-refractivity contribution in [2.24, 2.45) is 0 Å². The topological polar surface area (TPSA) is 57.8 Å². The summed E-state index contributed by atoms with van der Waals surface area (Å²) in [5.41, 5.74) is 2.58. The van der Waals surface area contributed by atoms with Crippen molar-refractivity contribution in [2.45, 2.75) is 12.5 Å². The highest BCUT2D eigenvalue weighted by Crippen LogP contribution is 2.20. The molecule has 3 aromatic rings. The van der Waals surface area contributed by atoms with Gasteiger partial charge in [-0.2, -0.15) is 11.8 Å². The Morgan fingerprint density at radius 2 is 2.00 bits per heavy atom. The van der Waals surface area contributed by atoms with Crippen molar-refractivity contribution in [1.82, 2.24) is 15.3 Å². The molecule has 0 saturated heterocycles. The molecule has 4 nitrogen and oxygen atoms in total. The Kier molecular flexibility index (Phi) is 5.78. The van der Waals surface area contributed by atoms with E-state index in [4.69, 9.17) is 0 Å². The molecule has 1 atom stereocenters. The molecule has 0 spiro atoms. The van der Waals surface area contributed by atoms with Crippen LogP contribution in [-0.2, 0) is 0 Å². The number of rotatable bonds is 6. The molecule has 0 fully saturated rings. The average Bonchev–Trinajstić information content (AvgIpc) is 3.03. The summed E-state index contributed by atoms with van der Waals surface area (Å²) in [6.45, 7) is 0. The van der Waals surface area contributed by atoms with E-state index in [-0.39, 0.29) is 11.9 Å². The van der Waals surface area contributed by atoms with Crippen molar-refractivity contribution >= 4 is 51.3 Å². The molecular weight excluding hydrogens is 433 g/mol. The summed E-state index contributed by atoms with van der Waals surface area (Å²) in [5.74, 6) is 1.69. The number of amides is 1. The van der Waals surface area contributed by atoms with Gasteiger partial charge in [-0.15, -0.1) is 0 Å². The number of benzene rings is 2. The van der Waals surface area contributed by atoms with Gasteiger partial charge in [-0.1, -0.05) is 12.1 Å². The van der Waals surface area contributed by atoms with Crippen LogP contribution >= 0.6 is 34.4 Å². The van der Waals surface area contributed by atoms with E-state index in [0.717, 1.165) is 32.6 Å². The monoisotopic (exact) mass is 451 g/mol. The molecule has 3 rings (SSSR count). The lowest BCUT2D eigenvalue weighted by atomic mass is 10.1. The minimum atomic E-state index is -0.128. The molecule has 0 saturated carbocycles. The molecule has 124 valence electrons. The lowest BCUT2D eigenvalue weighted by molar-refractivity contribution is 0.0934. The molecule has 24 heavy (non-hydrogen) atoms. The van der Waals surface area contributed by atoms with Crippen molar-refractivity contribution in [3.05, 3.63) is 63.5 Å². The molecule has 0 aliphatic carbocycles. The highest BCUT2D eigenvalue weighted by Gasteiger charge is 2.19. The molecule has 0 aliphatic heterocycles. The van der Waals surface area contributed by atoms with Crippen LogP contribution in [0.1, 0.15) is 28.6 Å². The van der Waals surface area contributed by atoms with Gasteiger partial charge in [-0.25, -0.2) is 4.98 Å². The molecule has 1 heterocycles. The number of halogens is 1. The summed E-state index contributed by atoms with van der Waals surface area (Å²) in [6, 6.07) is 15.4.